The Morgan fingerprint density at radius 1 is 1.45 bits per heavy atom. The molecule has 4 heterocycles. The standard InChI is InChI=1S/C15H17N3O4/c1-9-16-14(22-17-9)11-6-13-12(3-5-21-13)18(7-11)15(19)10-2-4-20-8-10/h2,4,8,11-13H,3,5-7H2,1H3/t11-,12-,13-/m1/s1. The van der Waals surface area contributed by atoms with E-state index in [0.29, 0.717) is 30.4 Å². The molecule has 0 unspecified atom stereocenters. The van der Waals surface area contributed by atoms with E-state index in [2.05, 4.69) is 10.1 Å². The van der Waals surface area contributed by atoms with Crippen LogP contribution in [-0.2, 0) is 4.74 Å². The maximum absolute atomic E-state index is 12.7. The number of piperidine rings is 1. The van der Waals surface area contributed by atoms with Crippen LogP contribution in [0.15, 0.2) is 27.5 Å². The number of furan rings is 1. The van der Waals surface area contributed by atoms with Gasteiger partial charge < -0.3 is 18.6 Å². The second-order valence-corrected chi connectivity index (χ2v) is 5.85. The zero-order valence-corrected chi connectivity index (χ0v) is 12.3. The predicted octanol–water partition coefficient (Wildman–Crippen LogP) is 1.76. The van der Waals surface area contributed by atoms with Crippen LogP contribution in [0.2, 0.25) is 0 Å². The summed E-state index contributed by atoms with van der Waals surface area (Å²) in [7, 11) is 0. The first kappa shape index (κ1) is 13.5. The Balaban J connectivity index is 1.62. The summed E-state index contributed by atoms with van der Waals surface area (Å²) in [5, 5.41) is 3.85. The van der Waals surface area contributed by atoms with Crippen molar-refractivity contribution in [1.29, 1.82) is 0 Å². The van der Waals surface area contributed by atoms with Crippen LogP contribution in [-0.4, -0.2) is 46.2 Å². The minimum absolute atomic E-state index is 0.0106. The molecule has 0 saturated carbocycles. The van der Waals surface area contributed by atoms with Crippen molar-refractivity contribution in [2.24, 2.45) is 0 Å². The lowest BCUT2D eigenvalue weighted by Gasteiger charge is -2.39. The summed E-state index contributed by atoms with van der Waals surface area (Å²) in [6, 6.07) is 1.80. The Bertz CT molecular complexity index is 666. The quantitative estimate of drug-likeness (QED) is 0.841. The smallest absolute Gasteiger partial charge is 0.257 e. The molecular formula is C15H17N3O4. The summed E-state index contributed by atoms with van der Waals surface area (Å²) in [6.45, 7) is 3.04. The molecule has 0 spiro atoms. The van der Waals surface area contributed by atoms with E-state index in [-0.39, 0.29) is 24.0 Å². The van der Waals surface area contributed by atoms with Gasteiger partial charge in [-0.2, -0.15) is 4.98 Å². The lowest BCUT2D eigenvalue weighted by atomic mass is 9.89. The van der Waals surface area contributed by atoms with Crippen LogP contribution in [0.4, 0.5) is 0 Å². The Morgan fingerprint density at radius 2 is 2.36 bits per heavy atom. The van der Waals surface area contributed by atoms with E-state index in [9.17, 15) is 4.79 Å². The number of carbonyl (C=O) groups excluding carboxylic acids is 1. The van der Waals surface area contributed by atoms with Gasteiger partial charge in [0.15, 0.2) is 5.82 Å². The van der Waals surface area contributed by atoms with Gasteiger partial charge >= 0.3 is 0 Å². The van der Waals surface area contributed by atoms with Crippen LogP contribution in [0.1, 0.15) is 40.8 Å². The lowest BCUT2D eigenvalue weighted by molar-refractivity contribution is 0.0124. The molecule has 2 fully saturated rings. The molecule has 0 bridgehead atoms. The molecule has 116 valence electrons. The van der Waals surface area contributed by atoms with Gasteiger partial charge in [0.2, 0.25) is 5.89 Å². The average Bonchev–Trinajstić information content (AvgIpc) is 3.26. The number of carbonyl (C=O) groups is 1. The third kappa shape index (κ3) is 2.21. The van der Waals surface area contributed by atoms with Crippen molar-refractivity contribution in [2.75, 3.05) is 13.2 Å². The zero-order chi connectivity index (χ0) is 15.1. The van der Waals surface area contributed by atoms with Crippen molar-refractivity contribution in [3.8, 4) is 0 Å². The first-order valence-corrected chi connectivity index (χ1v) is 7.47. The summed E-state index contributed by atoms with van der Waals surface area (Å²) < 4.78 is 16.1. The Morgan fingerprint density at radius 3 is 3.09 bits per heavy atom. The predicted molar refractivity (Wildman–Crippen MR) is 74.3 cm³/mol. The number of aryl methyl sites for hydroxylation is 1. The molecule has 2 aliphatic rings. The largest absolute Gasteiger partial charge is 0.472 e. The van der Waals surface area contributed by atoms with Crippen molar-refractivity contribution in [3.63, 3.8) is 0 Å². The maximum atomic E-state index is 12.7. The Kier molecular flexibility index (Phi) is 3.22. The molecular weight excluding hydrogens is 286 g/mol. The fraction of sp³-hybridized carbons (Fsp3) is 0.533. The van der Waals surface area contributed by atoms with Gasteiger partial charge in [-0.3, -0.25) is 4.79 Å². The second-order valence-electron chi connectivity index (χ2n) is 5.85. The number of rotatable bonds is 2. The van der Waals surface area contributed by atoms with Crippen molar-refractivity contribution >= 4 is 5.91 Å². The first-order valence-electron chi connectivity index (χ1n) is 7.47. The third-order valence-electron chi connectivity index (χ3n) is 4.43. The molecule has 7 nitrogen and oxygen atoms in total. The number of fused-ring (bicyclic) bond motifs is 1. The molecule has 0 radical (unpaired) electrons. The molecule has 7 heteroatoms. The Labute approximate surface area is 127 Å². The van der Waals surface area contributed by atoms with E-state index in [0.717, 1.165) is 12.8 Å². The van der Waals surface area contributed by atoms with E-state index in [1.165, 1.54) is 12.5 Å². The van der Waals surface area contributed by atoms with Gasteiger partial charge in [-0.25, -0.2) is 0 Å². The molecule has 4 rings (SSSR count). The molecule has 0 N–H and O–H groups in total. The van der Waals surface area contributed by atoms with Gasteiger partial charge in [-0.1, -0.05) is 5.16 Å². The highest BCUT2D eigenvalue weighted by atomic mass is 16.5. The van der Waals surface area contributed by atoms with Crippen LogP contribution in [0.3, 0.4) is 0 Å². The van der Waals surface area contributed by atoms with E-state index in [4.69, 9.17) is 13.7 Å². The zero-order valence-electron chi connectivity index (χ0n) is 12.3. The molecule has 1 amide bonds. The number of likely N-dealkylation sites (tertiary alicyclic amines) is 1. The molecule has 2 aromatic heterocycles. The minimum atomic E-state index is -0.0322. The number of aromatic nitrogens is 2. The van der Waals surface area contributed by atoms with E-state index < -0.39 is 0 Å². The molecule has 3 atom stereocenters. The fourth-order valence-electron chi connectivity index (χ4n) is 3.39. The molecule has 2 aliphatic heterocycles. The van der Waals surface area contributed by atoms with Gasteiger partial charge in [0.1, 0.15) is 6.26 Å². The van der Waals surface area contributed by atoms with Crippen LogP contribution in [0.25, 0.3) is 0 Å². The van der Waals surface area contributed by atoms with Gasteiger partial charge in [0.05, 0.1) is 29.9 Å². The average molecular weight is 303 g/mol. The first-order chi connectivity index (χ1) is 10.7. The van der Waals surface area contributed by atoms with Gasteiger partial charge in [0.25, 0.3) is 5.91 Å². The number of nitrogens with zero attached hydrogens (tertiary/aromatic N) is 3. The number of ether oxygens (including phenoxy) is 1. The van der Waals surface area contributed by atoms with Gasteiger partial charge in [-0.05, 0) is 25.8 Å². The number of amides is 1. The van der Waals surface area contributed by atoms with Crippen molar-refractivity contribution in [1.82, 2.24) is 15.0 Å². The maximum Gasteiger partial charge on any atom is 0.257 e. The van der Waals surface area contributed by atoms with Crippen LogP contribution < -0.4 is 0 Å². The highest BCUT2D eigenvalue weighted by Crippen LogP contribution is 2.36. The van der Waals surface area contributed by atoms with Gasteiger partial charge in [-0.15, -0.1) is 0 Å². The molecule has 2 saturated heterocycles. The summed E-state index contributed by atoms with van der Waals surface area (Å²) in [5.74, 6) is 1.17. The van der Waals surface area contributed by atoms with E-state index >= 15 is 0 Å². The molecule has 22 heavy (non-hydrogen) atoms. The molecule has 0 aliphatic carbocycles. The van der Waals surface area contributed by atoms with E-state index in [1.807, 2.05) is 4.90 Å². The topological polar surface area (TPSA) is 81.6 Å². The van der Waals surface area contributed by atoms with Crippen LogP contribution >= 0.6 is 0 Å². The second kappa shape index (κ2) is 5.24. The molecule has 0 aromatic carbocycles. The minimum Gasteiger partial charge on any atom is -0.472 e. The highest BCUT2D eigenvalue weighted by molar-refractivity contribution is 5.94. The highest BCUT2D eigenvalue weighted by Gasteiger charge is 2.44. The normalized spacial score (nSPS) is 27.9. The number of hydrogen-bond donors (Lipinski definition) is 0. The van der Waals surface area contributed by atoms with Crippen LogP contribution in [0.5, 0.6) is 0 Å². The van der Waals surface area contributed by atoms with E-state index in [1.54, 1.807) is 13.0 Å². The lowest BCUT2D eigenvalue weighted by Crippen LogP contribution is -2.51. The monoisotopic (exact) mass is 303 g/mol. The third-order valence-corrected chi connectivity index (χ3v) is 4.43. The summed E-state index contributed by atoms with van der Waals surface area (Å²) in [6.07, 6.45) is 4.69. The molecule has 2 aromatic rings. The summed E-state index contributed by atoms with van der Waals surface area (Å²) >= 11 is 0. The van der Waals surface area contributed by atoms with Gasteiger partial charge in [0, 0.05) is 13.2 Å². The van der Waals surface area contributed by atoms with Crippen molar-refractivity contribution < 1.29 is 18.5 Å². The summed E-state index contributed by atoms with van der Waals surface area (Å²) in [5.41, 5.74) is 0.563. The SMILES string of the molecule is Cc1noc([C@@H]2C[C@H]3OCC[C@H]3N(C(=O)c3ccoc3)C2)n1. The van der Waals surface area contributed by atoms with Crippen LogP contribution in [0, 0.1) is 6.92 Å². The Hall–Kier alpha value is -2.15. The summed E-state index contributed by atoms with van der Waals surface area (Å²) in [4.78, 5) is 18.9. The fourth-order valence-corrected chi connectivity index (χ4v) is 3.39. The van der Waals surface area contributed by atoms with Crippen molar-refractivity contribution in [3.05, 3.63) is 35.9 Å². The number of hydrogen-bond acceptors (Lipinski definition) is 6. The van der Waals surface area contributed by atoms with Crippen molar-refractivity contribution in [2.45, 2.75) is 37.8 Å².